The van der Waals surface area contributed by atoms with Gasteiger partial charge in [0, 0.05) is 23.8 Å². The first kappa shape index (κ1) is 14.4. The van der Waals surface area contributed by atoms with Crippen LogP contribution in [0, 0.1) is 5.92 Å². The Bertz CT molecular complexity index is 607. The standard InChI is InChI=1S/C15H15NO3S/c1-10(15(18)19)7-13(17)8-12-9-20-14(16-12)11-5-3-2-4-6-11/h2-6,9-10H,7-8H2,1H3,(H,18,19)/t10-/m0/s1. The minimum Gasteiger partial charge on any atom is -0.481 e. The molecule has 2 rings (SSSR count). The highest BCUT2D eigenvalue weighted by Crippen LogP contribution is 2.23. The van der Waals surface area contributed by atoms with E-state index in [2.05, 4.69) is 4.98 Å². The van der Waals surface area contributed by atoms with Crippen molar-refractivity contribution in [2.75, 3.05) is 0 Å². The number of hydrogen-bond acceptors (Lipinski definition) is 4. The van der Waals surface area contributed by atoms with Crippen LogP contribution >= 0.6 is 11.3 Å². The van der Waals surface area contributed by atoms with Gasteiger partial charge in [-0.25, -0.2) is 4.98 Å². The zero-order valence-corrected chi connectivity index (χ0v) is 11.9. The summed E-state index contributed by atoms with van der Waals surface area (Å²) < 4.78 is 0. The molecule has 0 fully saturated rings. The van der Waals surface area contributed by atoms with E-state index in [1.165, 1.54) is 18.3 Å². The average molecular weight is 289 g/mol. The Balaban J connectivity index is 2.00. The van der Waals surface area contributed by atoms with E-state index in [-0.39, 0.29) is 18.6 Å². The second kappa shape index (κ2) is 6.43. The summed E-state index contributed by atoms with van der Waals surface area (Å²) in [5.41, 5.74) is 1.73. The molecule has 1 heterocycles. The Kier molecular flexibility index (Phi) is 4.63. The Labute approximate surface area is 121 Å². The van der Waals surface area contributed by atoms with E-state index >= 15 is 0 Å². The first-order valence-electron chi connectivity index (χ1n) is 6.30. The molecule has 4 nitrogen and oxygen atoms in total. The van der Waals surface area contributed by atoms with Gasteiger partial charge in [-0.15, -0.1) is 11.3 Å². The summed E-state index contributed by atoms with van der Waals surface area (Å²) in [6.45, 7) is 1.54. The zero-order valence-electron chi connectivity index (χ0n) is 11.1. The third-order valence-electron chi connectivity index (χ3n) is 2.91. The normalized spacial score (nSPS) is 12.1. The first-order valence-corrected chi connectivity index (χ1v) is 7.18. The molecule has 0 unspecified atom stereocenters. The van der Waals surface area contributed by atoms with E-state index in [0.29, 0.717) is 5.69 Å². The van der Waals surface area contributed by atoms with Crippen molar-refractivity contribution in [3.05, 3.63) is 41.4 Å². The zero-order chi connectivity index (χ0) is 14.5. The van der Waals surface area contributed by atoms with Gasteiger partial charge in [-0.05, 0) is 0 Å². The molecular formula is C15H15NO3S. The predicted molar refractivity (Wildman–Crippen MR) is 77.7 cm³/mol. The molecule has 0 radical (unpaired) electrons. The van der Waals surface area contributed by atoms with Crippen molar-refractivity contribution in [3.8, 4) is 10.6 Å². The van der Waals surface area contributed by atoms with Gasteiger partial charge in [-0.3, -0.25) is 9.59 Å². The fraction of sp³-hybridized carbons (Fsp3) is 0.267. The number of rotatable bonds is 6. The number of nitrogens with zero attached hydrogens (tertiary/aromatic N) is 1. The number of hydrogen-bond donors (Lipinski definition) is 1. The predicted octanol–water partition coefficient (Wildman–Crippen LogP) is 3.03. The number of aliphatic carboxylic acids is 1. The molecule has 0 saturated heterocycles. The van der Waals surface area contributed by atoms with Gasteiger partial charge in [0.25, 0.3) is 0 Å². The molecule has 1 aromatic heterocycles. The third-order valence-corrected chi connectivity index (χ3v) is 3.85. The van der Waals surface area contributed by atoms with Crippen LogP contribution in [0.15, 0.2) is 35.7 Å². The number of aromatic nitrogens is 1. The van der Waals surface area contributed by atoms with Crippen LogP contribution in [0.2, 0.25) is 0 Å². The largest absolute Gasteiger partial charge is 0.481 e. The summed E-state index contributed by atoms with van der Waals surface area (Å²) in [6.07, 6.45) is 0.245. The van der Waals surface area contributed by atoms with Crippen LogP contribution in [0.1, 0.15) is 19.0 Å². The maximum atomic E-state index is 11.8. The summed E-state index contributed by atoms with van der Waals surface area (Å²) >= 11 is 1.49. The summed E-state index contributed by atoms with van der Waals surface area (Å²) in [7, 11) is 0. The molecule has 0 aliphatic carbocycles. The number of carboxylic acid groups (broad SMARTS) is 1. The van der Waals surface area contributed by atoms with Crippen molar-refractivity contribution in [2.24, 2.45) is 5.92 Å². The van der Waals surface area contributed by atoms with Crippen molar-refractivity contribution >= 4 is 23.1 Å². The van der Waals surface area contributed by atoms with E-state index in [1.54, 1.807) is 0 Å². The lowest BCUT2D eigenvalue weighted by Crippen LogP contribution is -2.16. The molecule has 1 aromatic carbocycles. The maximum Gasteiger partial charge on any atom is 0.306 e. The third kappa shape index (κ3) is 3.74. The van der Waals surface area contributed by atoms with Gasteiger partial charge in [0.05, 0.1) is 11.6 Å². The van der Waals surface area contributed by atoms with Crippen molar-refractivity contribution in [3.63, 3.8) is 0 Å². The summed E-state index contributed by atoms with van der Waals surface area (Å²) in [5, 5.41) is 11.5. The number of carbonyl (C=O) groups excluding carboxylic acids is 1. The van der Waals surface area contributed by atoms with Crippen LogP contribution in [0.25, 0.3) is 10.6 Å². The molecule has 2 aromatic rings. The summed E-state index contributed by atoms with van der Waals surface area (Å²) in [5.74, 6) is -1.68. The second-order valence-corrected chi connectivity index (χ2v) is 5.53. The molecule has 1 atom stereocenters. The molecule has 0 aliphatic heterocycles. The molecule has 0 aliphatic rings. The monoisotopic (exact) mass is 289 g/mol. The van der Waals surface area contributed by atoms with E-state index in [4.69, 9.17) is 5.11 Å². The minimum absolute atomic E-state index is 0.0491. The highest BCUT2D eigenvalue weighted by atomic mass is 32.1. The van der Waals surface area contributed by atoms with Gasteiger partial charge in [-0.1, -0.05) is 37.3 Å². The number of carboxylic acids is 1. The van der Waals surface area contributed by atoms with Gasteiger partial charge in [0.15, 0.2) is 0 Å². The SMILES string of the molecule is C[C@@H](CC(=O)Cc1csc(-c2ccccc2)n1)C(=O)O. The number of benzene rings is 1. The Hall–Kier alpha value is -2.01. The van der Waals surface area contributed by atoms with Crippen molar-refractivity contribution in [1.82, 2.24) is 4.98 Å². The second-order valence-electron chi connectivity index (χ2n) is 4.67. The molecule has 0 bridgehead atoms. The molecule has 0 saturated carbocycles. The fourth-order valence-corrected chi connectivity index (χ4v) is 2.63. The van der Waals surface area contributed by atoms with Crippen LogP contribution < -0.4 is 0 Å². The quantitative estimate of drug-likeness (QED) is 0.887. The number of Topliss-reactive ketones (excluding diaryl/α,β-unsaturated/α-hetero) is 1. The topological polar surface area (TPSA) is 67.3 Å². The lowest BCUT2D eigenvalue weighted by atomic mass is 10.0. The van der Waals surface area contributed by atoms with E-state index in [0.717, 1.165) is 10.6 Å². The van der Waals surface area contributed by atoms with Crippen molar-refractivity contribution < 1.29 is 14.7 Å². The van der Waals surface area contributed by atoms with Crippen LogP contribution in [0.4, 0.5) is 0 Å². The Morgan fingerprint density at radius 3 is 2.65 bits per heavy atom. The molecule has 5 heteroatoms. The van der Waals surface area contributed by atoms with Gasteiger partial charge in [0.2, 0.25) is 0 Å². The van der Waals surface area contributed by atoms with Gasteiger partial charge in [0.1, 0.15) is 10.8 Å². The van der Waals surface area contributed by atoms with Crippen LogP contribution in [0.5, 0.6) is 0 Å². The van der Waals surface area contributed by atoms with Crippen LogP contribution in [0.3, 0.4) is 0 Å². The highest BCUT2D eigenvalue weighted by Gasteiger charge is 2.17. The van der Waals surface area contributed by atoms with Crippen LogP contribution in [-0.4, -0.2) is 21.8 Å². The molecule has 1 N–H and O–H groups in total. The van der Waals surface area contributed by atoms with Crippen LogP contribution in [-0.2, 0) is 16.0 Å². The first-order chi connectivity index (χ1) is 9.56. The van der Waals surface area contributed by atoms with Gasteiger partial charge >= 0.3 is 5.97 Å². The lowest BCUT2D eigenvalue weighted by molar-refractivity contribution is -0.143. The molecule has 0 amide bonds. The molecular weight excluding hydrogens is 274 g/mol. The van der Waals surface area contributed by atoms with Crippen molar-refractivity contribution in [2.45, 2.75) is 19.8 Å². The maximum absolute atomic E-state index is 11.8. The molecule has 0 spiro atoms. The smallest absolute Gasteiger partial charge is 0.306 e. The average Bonchev–Trinajstić information content (AvgIpc) is 2.88. The van der Waals surface area contributed by atoms with Gasteiger partial charge in [-0.2, -0.15) is 0 Å². The lowest BCUT2D eigenvalue weighted by Gasteiger charge is -2.03. The number of thiazole rings is 1. The molecule has 104 valence electrons. The minimum atomic E-state index is -0.943. The Morgan fingerprint density at radius 2 is 2.00 bits per heavy atom. The Morgan fingerprint density at radius 1 is 1.30 bits per heavy atom. The summed E-state index contributed by atoms with van der Waals surface area (Å²) in [6, 6.07) is 9.76. The molecule has 20 heavy (non-hydrogen) atoms. The van der Waals surface area contributed by atoms with E-state index in [9.17, 15) is 9.59 Å². The number of carbonyl (C=O) groups is 2. The van der Waals surface area contributed by atoms with E-state index in [1.807, 2.05) is 35.7 Å². The van der Waals surface area contributed by atoms with Gasteiger partial charge < -0.3 is 5.11 Å². The van der Waals surface area contributed by atoms with Crippen molar-refractivity contribution in [1.29, 1.82) is 0 Å². The van der Waals surface area contributed by atoms with E-state index < -0.39 is 11.9 Å². The summed E-state index contributed by atoms with van der Waals surface area (Å²) in [4.78, 5) is 26.9. The fourth-order valence-electron chi connectivity index (χ4n) is 1.80. The highest BCUT2D eigenvalue weighted by molar-refractivity contribution is 7.13. The number of ketones is 1.